The van der Waals surface area contributed by atoms with Gasteiger partial charge >= 0.3 is 0 Å². The summed E-state index contributed by atoms with van der Waals surface area (Å²) in [5.74, 6) is 0.807. The van der Waals surface area contributed by atoms with Gasteiger partial charge < -0.3 is 14.6 Å². The van der Waals surface area contributed by atoms with Crippen LogP contribution in [0.15, 0.2) is 28.8 Å². The molecule has 3 rings (SSSR count). The van der Waals surface area contributed by atoms with Gasteiger partial charge in [-0.25, -0.2) is 0 Å². The zero-order valence-electron chi connectivity index (χ0n) is 10.6. The number of fused-ring (bicyclic) bond motifs is 1. The predicted molar refractivity (Wildman–Crippen MR) is 68.1 cm³/mol. The van der Waals surface area contributed by atoms with E-state index in [-0.39, 0.29) is 6.04 Å². The molecule has 1 atom stereocenters. The van der Waals surface area contributed by atoms with Crippen molar-refractivity contribution in [2.24, 2.45) is 0 Å². The Hall–Kier alpha value is -1.65. The van der Waals surface area contributed by atoms with Crippen LogP contribution >= 0.6 is 0 Å². The highest BCUT2D eigenvalue weighted by Gasteiger charge is 2.20. The van der Waals surface area contributed by atoms with E-state index in [0.717, 1.165) is 23.6 Å². The fourth-order valence-corrected chi connectivity index (χ4v) is 2.34. The Kier molecular flexibility index (Phi) is 2.89. The number of nitrogens with one attached hydrogen (secondary N) is 1. The quantitative estimate of drug-likeness (QED) is 0.881. The molecule has 1 aromatic heterocycles. The third-order valence-corrected chi connectivity index (χ3v) is 3.32. The molecule has 1 aliphatic heterocycles. The molecule has 2 aromatic rings. The first-order valence-electron chi connectivity index (χ1n) is 6.09. The molecule has 2 heterocycles. The lowest BCUT2D eigenvalue weighted by Gasteiger charge is -2.25. The summed E-state index contributed by atoms with van der Waals surface area (Å²) in [5.41, 5.74) is 4.47. The lowest BCUT2D eigenvalue weighted by molar-refractivity contribution is 0.0844. The summed E-state index contributed by atoms with van der Waals surface area (Å²) < 4.78 is 10.9. The van der Waals surface area contributed by atoms with Crippen LogP contribution in [0.2, 0.25) is 0 Å². The maximum Gasteiger partial charge on any atom is 0.167 e. The molecule has 4 heteroatoms. The molecule has 0 amide bonds. The molecule has 0 radical (unpaired) electrons. The first kappa shape index (κ1) is 11.4. The van der Waals surface area contributed by atoms with E-state index < -0.39 is 0 Å². The van der Waals surface area contributed by atoms with Crippen LogP contribution < -0.4 is 5.32 Å². The Morgan fingerprint density at radius 1 is 1.33 bits per heavy atom. The van der Waals surface area contributed by atoms with Crippen molar-refractivity contribution in [2.75, 3.05) is 13.7 Å². The second-order valence-corrected chi connectivity index (χ2v) is 4.60. The van der Waals surface area contributed by atoms with Gasteiger partial charge in [0.2, 0.25) is 0 Å². The number of hydrogen-bond acceptors (Lipinski definition) is 4. The molecule has 1 aliphatic rings. The van der Waals surface area contributed by atoms with E-state index in [1.165, 1.54) is 11.1 Å². The summed E-state index contributed by atoms with van der Waals surface area (Å²) in [5, 5.41) is 7.18. The standard InChI is InChI=1S/C14H16N2O2/c1-9-5-14(18-16-9)10-3-4-12-11(6-10)7-17-8-13(12)15-2/h3-6,13,15H,7-8H2,1-2H3/t13-/m1/s1. The number of nitrogens with zero attached hydrogens (tertiary/aromatic N) is 1. The Morgan fingerprint density at radius 3 is 2.94 bits per heavy atom. The minimum atomic E-state index is 0.277. The Balaban J connectivity index is 2.00. The summed E-state index contributed by atoms with van der Waals surface area (Å²) in [6.07, 6.45) is 0. The lowest BCUT2D eigenvalue weighted by atomic mass is 9.96. The van der Waals surface area contributed by atoms with Crippen LogP contribution in [-0.4, -0.2) is 18.8 Å². The summed E-state index contributed by atoms with van der Waals surface area (Å²) >= 11 is 0. The molecule has 18 heavy (non-hydrogen) atoms. The van der Waals surface area contributed by atoms with Crippen molar-refractivity contribution in [3.63, 3.8) is 0 Å². The zero-order valence-corrected chi connectivity index (χ0v) is 10.6. The summed E-state index contributed by atoms with van der Waals surface area (Å²) in [7, 11) is 1.96. The second-order valence-electron chi connectivity index (χ2n) is 4.60. The summed E-state index contributed by atoms with van der Waals surface area (Å²) in [4.78, 5) is 0. The fourth-order valence-electron chi connectivity index (χ4n) is 2.34. The Labute approximate surface area is 106 Å². The Morgan fingerprint density at radius 2 is 2.22 bits per heavy atom. The number of rotatable bonds is 2. The molecule has 1 aromatic carbocycles. The SMILES string of the molecule is CN[C@@H]1COCc2cc(-c3cc(C)no3)ccc21. The van der Waals surface area contributed by atoms with Gasteiger partial charge in [0.05, 0.1) is 24.9 Å². The molecular weight excluding hydrogens is 228 g/mol. The molecule has 0 unspecified atom stereocenters. The van der Waals surface area contributed by atoms with Gasteiger partial charge in [-0.3, -0.25) is 0 Å². The molecule has 4 nitrogen and oxygen atoms in total. The molecular formula is C14H16N2O2. The van der Waals surface area contributed by atoms with Gasteiger partial charge in [-0.1, -0.05) is 17.3 Å². The highest BCUT2D eigenvalue weighted by molar-refractivity contribution is 5.60. The smallest absolute Gasteiger partial charge is 0.167 e. The van der Waals surface area contributed by atoms with Crippen LogP contribution in [0.5, 0.6) is 0 Å². The second kappa shape index (κ2) is 4.55. The van der Waals surface area contributed by atoms with Gasteiger partial charge in [0.15, 0.2) is 5.76 Å². The maximum atomic E-state index is 5.59. The lowest BCUT2D eigenvalue weighted by Crippen LogP contribution is -2.26. The van der Waals surface area contributed by atoms with Crippen LogP contribution in [0.4, 0.5) is 0 Å². The van der Waals surface area contributed by atoms with Crippen LogP contribution in [0.1, 0.15) is 22.9 Å². The van der Waals surface area contributed by atoms with E-state index in [1.54, 1.807) is 0 Å². The van der Waals surface area contributed by atoms with E-state index in [4.69, 9.17) is 9.26 Å². The third-order valence-electron chi connectivity index (χ3n) is 3.32. The highest BCUT2D eigenvalue weighted by atomic mass is 16.5. The van der Waals surface area contributed by atoms with Crippen molar-refractivity contribution < 1.29 is 9.26 Å². The predicted octanol–water partition coefficient (Wildman–Crippen LogP) is 2.44. The van der Waals surface area contributed by atoms with Gasteiger partial charge in [0.1, 0.15) is 0 Å². The molecule has 0 bridgehead atoms. The first-order chi connectivity index (χ1) is 8.78. The number of aromatic nitrogens is 1. The topological polar surface area (TPSA) is 47.3 Å². The Bertz CT molecular complexity index is 563. The molecule has 0 saturated heterocycles. The number of benzene rings is 1. The normalized spacial score (nSPS) is 18.7. The number of ether oxygens (including phenoxy) is 1. The summed E-state index contributed by atoms with van der Waals surface area (Å²) in [6, 6.07) is 8.57. The van der Waals surface area contributed by atoms with Gasteiger partial charge in [-0.2, -0.15) is 0 Å². The first-order valence-corrected chi connectivity index (χ1v) is 6.09. The number of hydrogen-bond donors (Lipinski definition) is 1. The van der Waals surface area contributed by atoms with Crippen molar-refractivity contribution in [3.05, 3.63) is 41.1 Å². The van der Waals surface area contributed by atoms with Crippen molar-refractivity contribution in [1.82, 2.24) is 10.5 Å². The largest absolute Gasteiger partial charge is 0.375 e. The molecule has 0 aliphatic carbocycles. The zero-order chi connectivity index (χ0) is 12.5. The van der Waals surface area contributed by atoms with E-state index in [1.807, 2.05) is 20.0 Å². The number of aryl methyl sites for hydroxylation is 1. The average Bonchev–Trinajstić information content (AvgIpc) is 2.84. The van der Waals surface area contributed by atoms with Gasteiger partial charge in [-0.15, -0.1) is 0 Å². The molecule has 0 fully saturated rings. The van der Waals surface area contributed by atoms with Crippen LogP contribution in [0, 0.1) is 6.92 Å². The molecule has 0 spiro atoms. The van der Waals surface area contributed by atoms with Gasteiger partial charge in [0, 0.05) is 11.6 Å². The number of likely N-dealkylation sites (N-methyl/N-ethyl adjacent to an activating group) is 1. The molecule has 0 saturated carbocycles. The molecule has 1 N–H and O–H groups in total. The van der Waals surface area contributed by atoms with Gasteiger partial charge in [0.25, 0.3) is 0 Å². The van der Waals surface area contributed by atoms with Gasteiger partial charge in [-0.05, 0) is 31.2 Å². The average molecular weight is 244 g/mol. The monoisotopic (exact) mass is 244 g/mol. The summed E-state index contributed by atoms with van der Waals surface area (Å²) in [6.45, 7) is 3.31. The third kappa shape index (κ3) is 1.94. The van der Waals surface area contributed by atoms with Crippen molar-refractivity contribution >= 4 is 0 Å². The molecule has 94 valence electrons. The van der Waals surface area contributed by atoms with Crippen LogP contribution in [0.3, 0.4) is 0 Å². The minimum absolute atomic E-state index is 0.277. The van der Waals surface area contributed by atoms with Crippen LogP contribution in [0.25, 0.3) is 11.3 Å². The van der Waals surface area contributed by atoms with E-state index in [2.05, 4.69) is 28.7 Å². The van der Waals surface area contributed by atoms with Crippen molar-refractivity contribution in [1.29, 1.82) is 0 Å². The minimum Gasteiger partial charge on any atom is -0.375 e. The maximum absolute atomic E-state index is 5.59. The van der Waals surface area contributed by atoms with Crippen LogP contribution in [-0.2, 0) is 11.3 Å². The van der Waals surface area contributed by atoms with Crippen molar-refractivity contribution in [3.8, 4) is 11.3 Å². The highest BCUT2D eigenvalue weighted by Crippen LogP contribution is 2.29. The van der Waals surface area contributed by atoms with E-state index in [9.17, 15) is 0 Å². The van der Waals surface area contributed by atoms with E-state index >= 15 is 0 Å². The van der Waals surface area contributed by atoms with Crippen molar-refractivity contribution in [2.45, 2.75) is 19.6 Å². The fraction of sp³-hybridized carbons (Fsp3) is 0.357. The van der Waals surface area contributed by atoms with E-state index in [0.29, 0.717) is 6.61 Å².